The predicted octanol–water partition coefficient (Wildman–Crippen LogP) is 1.14. The number of aromatic nitrogens is 2. The summed E-state index contributed by atoms with van der Waals surface area (Å²) >= 11 is 0. The van der Waals surface area contributed by atoms with Gasteiger partial charge in [-0.05, 0) is 12.8 Å². The van der Waals surface area contributed by atoms with Crippen molar-refractivity contribution in [3.05, 3.63) is 11.8 Å². The summed E-state index contributed by atoms with van der Waals surface area (Å²) in [6.45, 7) is 2.48. The lowest BCUT2D eigenvalue weighted by atomic mass is 10.2. The van der Waals surface area contributed by atoms with Gasteiger partial charge in [0.2, 0.25) is 10.0 Å². The molecule has 17 heavy (non-hydrogen) atoms. The Hall–Kier alpha value is -1.08. The number of rotatable bonds is 8. The fourth-order valence-corrected chi connectivity index (χ4v) is 2.44. The van der Waals surface area contributed by atoms with Gasteiger partial charge in [-0.3, -0.25) is 9.82 Å². The maximum absolute atomic E-state index is 11.6. The van der Waals surface area contributed by atoms with Crippen LogP contribution >= 0.6 is 0 Å². The molecule has 0 bridgehead atoms. The van der Waals surface area contributed by atoms with Crippen LogP contribution in [0.25, 0.3) is 0 Å². The molecular weight excluding hydrogens is 242 g/mol. The van der Waals surface area contributed by atoms with Crippen LogP contribution in [0.15, 0.2) is 6.07 Å². The molecule has 2 N–H and O–H groups in total. The van der Waals surface area contributed by atoms with Gasteiger partial charge in [0.15, 0.2) is 5.82 Å². The van der Waals surface area contributed by atoms with Crippen LogP contribution in [-0.4, -0.2) is 38.1 Å². The molecule has 0 radical (unpaired) electrons. The van der Waals surface area contributed by atoms with Crippen LogP contribution in [0.2, 0.25) is 0 Å². The Labute approximate surface area is 102 Å². The molecule has 0 saturated carbocycles. The summed E-state index contributed by atoms with van der Waals surface area (Å²) in [6.07, 6.45) is 2.32. The Morgan fingerprint density at radius 1 is 1.53 bits per heavy atom. The van der Waals surface area contributed by atoms with Gasteiger partial charge in [-0.25, -0.2) is 8.42 Å². The monoisotopic (exact) mass is 261 g/mol. The van der Waals surface area contributed by atoms with Gasteiger partial charge in [-0.15, -0.1) is 0 Å². The molecule has 0 amide bonds. The van der Waals surface area contributed by atoms with E-state index < -0.39 is 10.0 Å². The highest BCUT2D eigenvalue weighted by atomic mass is 32.2. The van der Waals surface area contributed by atoms with Gasteiger partial charge in [-0.1, -0.05) is 13.3 Å². The molecule has 0 aromatic carbocycles. The van der Waals surface area contributed by atoms with E-state index in [-0.39, 0.29) is 5.75 Å². The van der Waals surface area contributed by atoms with Crippen LogP contribution in [0.3, 0.4) is 0 Å². The van der Waals surface area contributed by atoms with E-state index in [2.05, 4.69) is 21.8 Å². The lowest BCUT2D eigenvalue weighted by Crippen LogP contribution is -2.17. The van der Waals surface area contributed by atoms with Crippen LogP contribution in [0, 0.1) is 0 Å². The second kappa shape index (κ2) is 6.61. The second-order valence-corrected chi connectivity index (χ2v) is 5.64. The summed E-state index contributed by atoms with van der Waals surface area (Å²) in [5.74, 6) is 0.391. The van der Waals surface area contributed by atoms with Crippen molar-refractivity contribution in [1.29, 1.82) is 0 Å². The largest absolute Gasteiger partial charge is 0.385 e. The quantitative estimate of drug-likeness (QED) is 0.687. The van der Waals surface area contributed by atoms with E-state index in [4.69, 9.17) is 4.74 Å². The number of nitrogens with one attached hydrogen (secondary N) is 2. The second-order valence-electron chi connectivity index (χ2n) is 3.80. The minimum absolute atomic E-state index is 0.0385. The average molecular weight is 261 g/mol. The van der Waals surface area contributed by atoms with E-state index in [0.29, 0.717) is 18.8 Å². The van der Waals surface area contributed by atoms with Crippen molar-refractivity contribution in [3.63, 3.8) is 0 Å². The zero-order valence-electron chi connectivity index (χ0n) is 10.2. The van der Waals surface area contributed by atoms with Gasteiger partial charge in [0.05, 0.1) is 5.75 Å². The number of aryl methyl sites for hydroxylation is 1. The van der Waals surface area contributed by atoms with Crippen molar-refractivity contribution >= 4 is 15.8 Å². The molecule has 0 saturated heterocycles. The van der Waals surface area contributed by atoms with E-state index in [9.17, 15) is 8.42 Å². The molecule has 6 nitrogen and oxygen atoms in total. The summed E-state index contributed by atoms with van der Waals surface area (Å²) in [7, 11) is -1.77. The van der Waals surface area contributed by atoms with Crippen molar-refractivity contribution in [2.45, 2.75) is 26.2 Å². The summed E-state index contributed by atoms with van der Waals surface area (Å²) < 4.78 is 30.5. The van der Waals surface area contributed by atoms with Crippen LogP contribution in [0.5, 0.6) is 0 Å². The number of ether oxygens (including phenoxy) is 1. The van der Waals surface area contributed by atoms with Crippen molar-refractivity contribution in [2.24, 2.45) is 0 Å². The number of hydrogen-bond donors (Lipinski definition) is 2. The van der Waals surface area contributed by atoms with E-state index in [0.717, 1.165) is 18.5 Å². The number of H-pyrrole nitrogens is 1. The van der Waals surface area contributed by atoms with Crippen molar-refractivity contribution in [3.8, 4) is 0 Å². The summed E-state index contributed by atoms with van der Waals surface area (Å²) in [5.41, 5.74) is 0.932. The zero-order valence-corrected chi connectivity index (χ0v) is 11.0. The molecule has 7 heteroatoms. The van der Waals surface area contributed by atoms with Gasteiger partial charge in [0.1, 0.15) is 0 Å². The normalized spacial score (nSPS) is 11.6. The molecule has 0 spiro atoms. The fraction of sp³-hybridized carbons (Fsp3) is 0.700. The molecule has 0 atom stereocenters. The maximum Gasteiger partial charge on any atom is 0.234 e. The third-order valence-corrected chi connectivity index (χ3v) is 3.52. The molecule has 0 aliphatic rings. The number of aromatic amines is 1. The zero-order chi connectivity index (χ0) is 12.7. The van der Waals surface area contributed by atoms with Gasteiger partial charge >= 0.3 is 0 Å². The van der Waals surface area contributed by atoms with Crippen LogP contribution in [-0.2, 0) is 21.2 Å². The highest BCUT2D eigenvalue weighted by Crippen LogP contribution is 2.09. The lowest BCUT2D eigenvalue weighted by Gasteiger charge is -2.04. The Bertz CT molecular complexity index is 428. The molecule has 1 rings (SSSR count). The van der Waals surface area contributed by atoms with E-state index >= 15 is 0 Å². The maximum atomic E-state index is 11.6. The molecule has 1 aromatic rings. The first-order chi connectivity index (χ1) is 8.07. The summed E-state index contributed by atoms with van der Waals surface area (Å²) in [6, 6.07) is 1.72. The molecule has 0 unspecified atom stereocenters. The molecule has 0 aliphatic carbocycles. The highest BCUT2D eigenvalue weighted by molar-refractivity contribution is 7.92. The fourth-order valence-electron chi connectivity index (χ4n) is 1.41. The summed E-state index contributed by atoms with van der Waals surface area (Å²) in [4.78, 5) is 0. The van der Waals surface area contributed by atoms with Crippen molar-refractivity contribution in [2.75, 3.05) is 24.2 Å². The van der Waals surface area contributed by atoms with Crippen molar-refractivity contribution < 1.29 is 13.2 Å². The molecule has 0 fully saturated rings. The minimum Gasteiger partial charge on any atom is -0.385 e. The molecule has 1 heterocycles. The first kappa shape index (κ1) is 14.0. The number of anilines is 1. The first-order valence-electron chi connectivity index (χ1n) is 5.61. The molecule has 1 aromatic heterocycles. The SMILES string of the molecule is CCCc1cc(NS(=O)(=O)CCCOC)n[nH]1. The lowest BCUT2D eigenvalue weighted by molar-refractivity contribution is 0.199. The Balaban J connectivity index is 2.50. The number of hydrogen-bond acceptors (Lipinski definition) is 4. The topological polar surface area (TPSA) is 84.1 Å². The number of sulfonamides is 1. The third-order valence-electron chi connectivity index (χ3n) is 2.17. The minimum atomic E-state index is -3.32. The Morgan fingerprint density at radius 3 is 2.94 bits per heavy atom. The smallest absolute Gasteiger partial charge is 0.234 e. The van der Waals surface area contributed by atoms with Gasteiger partial charge in [0, 0.05) is 25.5 Å². The average Bonchev–Trinajstić information content (AvgIpc) is 2.65. The molecule has 0 aliphatic heterocycles. The van der Waals surface area contributed by atoms with Crippen LogP contribution in [0.4, 0.5) is 5.82 Å². The Kier molecular flexibility index (Phi) is 5.43. The predicted molar refractivity (Wildman–Crippen MR) is 66.5 cm³/mol. The number of nitrogens with zero attached hydrogens (tertiary/aromatic N) is 1. The van der Waals surface area contributed by atoms with E-state index in [1.807, 2.05) is 0 Å². The van der Waals surface area contributed by atoms with Crippen LogP contribution in [0.1, 0.15) is 25.5 Å². The van der Waals surface area contributed by atoms with Gasteiger partial charge in [-0.2, -0.15) is 5.10 Å². The summed E-state index contributed by atoms with van der Waals surface area (Å²) in [5, 5.41) is 6.70. The van der Waals surface area contributed by atoms with Gasteiger partial charge < -0.3 is 4.74 Å². The number of methoxy groups -OCH3 is 1. The third kappa shape index (κ3) is 5.18. The molecule has 98 valence electrons. The first-order valence-corrected chi connectivity index (χ1v) is 7.26. The van der Waals surface area contributed by atoms with E-state index in [1.54, 1.807) is 13.2 Å². The van der Waals surface area contributed by atoms with E-state index in [1.165, 1.54) is 0 Å². The highest BCUT2D eigenvalue weighted by Gasteiger charge is 2.11. The Morgan fingerprint density at radius 2 is 2.29 bits per heavy atom. The van der Waals surface area contributed by atoms with Crippen LogP contribution < -0.4 is 4.72 Å². The van der Waals surface area contributed by atoms with Crippen molar-refractivity contribution in [1.82, 2.24) is 10.2 Å². The van der Waals surface area contributed by atoms with Gasteiger partial charge in [0.25, 0.3) is 0 Å². The molecular formula is C10H19N3O3S. The standard InChI is InChI=1S/C10H19N3O3S/c1-3-5-9-8-10(12-11-9)13-17(14,15)7-4-6-16-2/h8H,3-7H2,1-2H3,(H2,11,12,13).